The molecule has 0 unspecified atom stereocenters. The van der Waals surface area contributed by atoms with Gasteiger partial charge in [-0.1, -0.05) is 0 Å². The standard InChI is InChI=1S/C16H22BrF3N2O2.2ClH/c1-23-14-10-12(17)15(24-2)9-11(14)13(3-4-16(18,19)20)22-7-5-21-6-8-22;;/h9-10,13,21H,3-8H2,1-2H3;2*1H/t13-;;/m0../s1. The molecular formula is C16H24BrCl2F3N2O2. The third kappa shape index (κ3) is 6.96. The van der Waals surface area contributed by atoms with E-state index in [0.717, 1.165) is 18.7 Å². The Balaban J connectivity index is 0.00000312. The van der Waals surface area contributed by atoms with E-state index in [0.29, 0.717) is 29.1 Å². The van der Waals surface area contributed by atoms with Crippen LogP contribution >= 0.6 is 40.7 Å². The summed E-state index contributed by atoms with van der Waals surface area (Å²) in [6.45, 7) is 2.92. The van der Waals surface area contributed by atoms with Gasteiger partial charge in [0.15, 0.2) is 0 Å². The Kier molecular flexibility index (Phi) is 11.3. The molecule has 0 bridgehead atoms. The van der Waals surface area contributed by atoms with Crippen LogP contribution in [-0.4, -0.2) is 51.5 Å². The molecule has 0 spiro atoms. The van der Waals surface area contributed by atoms with Crippen molar-refractivity contribution in [2.75, 3.05) is 40.4 Å². The summed E-state index contributed by atoms with van der Waals surface area (Å²) in [5, 5.41) is 3.23. The van der Waals surface area contributed by atoms with Crippen molar-refractivity contribution in [3.8, 4) is 11.5 Å². The minimum Gasteiger partial charge on any atom is -0.496 e. The Bertz CT molecular complexity index is 559. The maximum Gasteiger partial charge on any atom is 0.389 e. The predicted octanol–water partition coefficient (Wildman–Crippen LogP) is 4.60. The fraction of sp³-hybridized carbons (Fsp3) is 0.625. The molecular weight excluding hydrogens is 460 g/mol. The second-order valence-corrected chi connectivity index (χ2v) is 6.54. The lowest BCUT2D eigenvalue weighted by Crippen LogP contribution is -2.45. The van der Waals surface area contributed by atoms with Crippen molar-refractivity contribution in [3.63, 3.8) is 0 Å². The molecule has 4 nitrogen and oxygen atoms in total. The van der Waals surface area contributed by atoms with Gasteiger partial charge in [-0.2, -0.15) is 13.2 Å². The summed E-state index contributed by atoms with van der Waals surface area (Å²) >= 11 is 3.39. The molecule has 1 saturated heterocycles. The van der Waals surface area contributed by atoms with Crippen molar-refractivity contribution >= 4 is 40.7 Å². The zero-order valence-electron chi connectivity index (χ0n) is 14.6. The van der Waals surface area contributed by atoms with Crippen LogP contribution in [0.1, 0.15) is 24.4 Å². The van der Waals surface area contributed by atoms with Crippen LogP contribution in [0.4, 0.5) is 13.2 Å². The molecule has 0 amide bonds. The molecule has 10 heteroatoms. The first-order valence-corrected chi connectivity index (χ1v) is 8.58. The van der Waals surface area contributed by atoms with Gasteiger partial charge in [-0.05, 0) is 34.5 Å². The molecule has 2 rings (SSSR count). The SMILES string of the molecule is COc1cc([C@H](CCC(F)(F)F)N2CCNCC2)c(OC)cc1Br.Cl.Cl. The number of hydrogen-bond donors (Lipinski definition) is 1. The first kappa shape index (κ1) is 25.6. The lowest BCUT2D eigenvalue weighted by atomic mass is 9.98. The fourth-order valence-electron chi connectivity index (χ4n) is 2.97. The van der Waals surface area contributed by atoms with Gasteiger partial charge >= 0.3 is 6.18 Å². The minimum atomic E-state index is -4.18. The number of benzene rings is 1. The molecule has 0 aliphatic carbocycles. The number of nitrogens with zero attached hydrogens (tertiary/aromatic N) is 1. The van der Waals surface area contributed by atoms with Gasteiger partial charge in [0.2, 0.25) is 0 Å². The van der Waals surface area contributed by atoms with E-state index < -0.39 is 12.6 Å². The molecule has 152 valence electrons. The second-order valence-electron chi connectivity index (χ2n) is 5.68. The van der Waals surface area contributed by atoms with E-state index in [-0.39, 0.29) is 37.3 Å². The monoisotopic (exact) mass is 482 g/mol. The highest BCUT2D eigenvalue weighted by Gasteiger charge is 2.32. The molecule has 26 heavy (non-hydrogen) atoms. The molecule has 0 radical (unpaired) electrons. The number of halogens is 6. The summed E-state index contributed by atoms with van der Waals surface area (Å²) in [5.74, 6) is 1.14. The third-order valence-electron chi connectivity index (χ3n) is 4.16. The van der Waals surface area contributed by atoms with E-state index in [9.17, 15) is 13.2 Å². The maximum atomic E-state index is 12.8. The summed E-state index contributed by atoms with van der Waals surface area (Å²) in [6.07, 6.45) is -5.02. The second kappa shape index (κ2) is 11.4. The van der Waals surface area contributed by atoms with Crippen molar-refractivity contribution in [1.29, 1.82) is 0 Å². The minimum absolute atomic E-state index is 0. The predicted molar refractivity (Wildman–Crippen MR) is 104 cm³/mol. The highest BCUT2D eigenvalue weighted by atomic mass is 79.9. The van der Waals surface area contributed by atoms with E-state index in [2.05, 4.69) is 26.1 Å². The molecule has 1 aliphatic rings. The number of alkyl halides is 3. The number of ether oxygens (including phenoxy) is 2. The van der Waals surface area contributed by atoms with Gasteiger partial charge < -0.3 is 14.8 Å². The molecule has 1 aromatic rings. The topological polar surface area (TPSA) is 33.7 Å². The molecule has 1 atom stereocenters. The molecule has 0 aromatic heterocycles. The Labute approximate surface area is 172 Å². The molecule has 1 heterocycles. The Morgan fingerprint density at radius 1 is 1.12 bits per heavy atom. The third-order valence-corrected chi connectivity index (χ3v) is 4.78. The Hall–Kier alpha value is -0.410. The quantitative estimate of drug-likeness (QED) is 0.641. The lowest BCUT2D eigenvalue weighted by molar-refractivity contribution is -0.138. The van der Waals surface area contributed by atoms with E-state index in [1.54, 1.807) is 12.1 Å². The number of methoxy groups -OCH3 is 2. The smallest absolute Gasteiger partial charge is 0.389 e. The van der Waals surface area contributed by atoms with Crippen LogP contribution in [0.25, 0.3) is 0 Å². The number of hydrogen-bond acceptors (Lipinski definition) is 4. The van der Waals surface area contributed by atoms with Crippen LogP contribution in [-0.2, 0) is 0 Å². The Morgan fingerprint density at radius 3 is 2.19 bits per heavy atom. The molecule has 1 aliphatic heterocycles. The van der Waals surface area contributed by atoms with E-state index in [1.807, 2.05) is 0 Å². The van der Waals surface area contributed by atoms with Gasteiger partial charge in [0, 0.05) is 44.2 Å². The first-order valence-electron chi connectivity index (χ1n) is 7.78. The lowest BCUT2D eigenvalue weighted by Gasteiger charge is -2.36. The maximum absolute atomic E-state index is 12.8. The average Bonchev–Trinajstić information content (AvgIpc) is 2.55. The van der Waals surface area contributed by atoms with Gasteiger partial charge in [0.25, 0.3) is 0 Å². The number of piperazine rings is 1. The summed E-state index contributed by atoms with van der Waals surface area (Å²) in [7, 11) is 3.06. The Morgan fingerprint density at radius 2 is 1.69 bits per heavy atom. The number of rotatable bonds is 6. The van der Waals surface area contributed by atoms with Gasteiger partial charge in [0.1, 0.15) is 11.5 Å². The highest BCUT2D eigenvalue weighted by molar-refractivity contribution is 9.10. The summed E-state index contributed by atoms with van der Waals surface area (Å²) in [4.78, 5) is 2.08. The largest absolute Gasteiger partial charge is 0.496 e. The van der Waals surface area contributed by atoms with E-state index in [4.69, 9.17) is 9.47 Å². The van der Waals surface area contributed by atoms with E-state index >= 15 is 0 Å². The van der Waals surface area contributed by atoms with Crippen molar-refractivity contribution < 1.29 is 22.6 Å². The first-order chi connectivity index (χ1) is 11.4. The zero-order chi connectivity index (χ0) is 17.7. The van der Waals surface area contributed by atoms with Crippen molar-refractivity contribution in [3.05, 3.63) is 22.2 Å². The van der Waals surface area contributed by atoms with Crippen LogP contribution in [0, 0.1) is 0 Å². The van der Waals surface area contributed by atoms with Gasteiger partial charge in [0.05, 0.1) is 18.7 Å². The molecule has 1 aromatic carbocycles. The van der Waals surface area contributed by atoms with Crippen LogP contribution in [0.3, 0.4) is 0 Å². The van der Waals surface area contributed by atoms with Gasteiger partial charge in [-0.15, -0.1) is 24.8 Å². The van der Waals surface area contributed by atoms with Crippen molar-refractivity contribution in [1.82, 2.24) is 10.2 Å². The van der Waals surface area contributed by atoms with Crippen LogP contribution in [0.5, 0.6) is 11.5 Å². The fourth-order valence-corrected chi connectivity index (χ4v) is 3.46. The van der Waals surface area contributed by atoms with Gasteiger partial charge in [-0.3, -0.25) is 4.90 Å². The summed E-state index contributed by atoms with van der Waals surface area (Å²) in [5.41, 5.74) is 0.726. The van der Waals surface area contributed by atoms with Crippen molar-refractivity contribution in [2.24, 2.45) is 0 Å². The molecule has 0 saturated carbocycles. The zero-order valence-corrected chi connectivity index (χ0v) is 17.8. The summed E-state index contributed by atoms with van der Waals surface area (Å²) in [6, 6.07) is 3.15. The van der Waals surface area contributed by atoms with Crippen LogP contribution in [0.15, 0.2) is 16.6 Å². The van der Waals surface area contributed by atoms with Gasteiger partial charge in [-0.25, -0.2) is 0 Å². The molecule has 1 N–H and O–H groups in total. The normalized spacial score (nSPS) is 16.2. The number of nitrogens with one attached hydrogen (secondary N) is 1. The summed E-state index contributed by atoms with van der Waals surface area (Å²) < 4.78 is 49.8. The van der Waals surface area contributed by atoms with Crippen LogP contribution < -0.4 is 14.8 Å². The average molecular weight is 484 g/mol. The molecule has 1 fully saturated rings. The van der Waals surface area contributed by atoms with Crippen LogP contribution in [0.2, 0.25) is 0 Å². The van der Waals surface area contributed by atoms with Crippen molar-refractivity contribution in [2.45, 2.75) is 25.1 Å². The van der Waals surface area contributed by atoms with E-state index in [1.165, 1.54) is 14.2 Å². The highest BCUT2D eigenvalue weighted by Crippen LogP contribution is 2.40.